The molecule has 1 aliphatic rings. The Morgan fingerprint density at radius 1 is 1.17 bits per heavy atom. The van der Waals surface area contributed by atoms with Crippen molar-refractivity contribution in [1.29, 1.82) is 0 Å². The van der Waals surface area contributed by atoms with Gasteiger partial charge in [0.25, 0.3) is 5.91 Å². The Kier molecular flexibility index (Phi) is 6.01. The molecule has 0 saturated carbocycles. The number of rotatable bonds is 5. The van der Waals surface area contributed by atoms with Crippen LogP contribution in [0.1, 0.15) is 15.9 Å². The zero-order valence-corrected chi connectivity index (χ0v) is 13.2. The van der Waals surface area contributed by atoms with Crippen LogP contribution in [0.5, 0.6) is 0 Å². The van der Waals surface area contributed by atoms with Gasteiger partial charge in [-0.05, 0) is 31.6 Å². The van der Waals surface area contributed by atoms with Crippen LogP contribution in [0.25, 0.3) is 0 Å². The summed E-state index contributed by atoms with van der Waals surface area (Å²) < 4.78 is 37.2. The molecule has 0 aliphatic carbocycles. The van der Waals surface area contributed by atoms with Crippen LogP contribution in [0.4, 0.5) is 13.2 Å². The lowest BCUT2D eigenvalue weighted by Crippen LogP contribution is -2.51. The van der Waals surface area contributed by atoms with Gasteiger partial charge in [-0.2, -0.15) is 13.2 Å². The predicted octanol–water partition coefficient (Wildman–Crippen LogP) is 1.77. The van der Waals surface area contributed by atoms with Gasteiger partial charge in [0.2, 0.25) is 0 Å². The lowest BCUT2D eigenvalue weighted by atomic mass is 10.0. The van der Waals surface area contributed by atoms with Gasteiger partial charge in [0.05, 0.1) is 6.54 Å². The molecule has 1 fully saturated rings. The molecular formula is C16H22F3N3O. The number of likely N-dealkylation sites (N-methyl/N-ethyl adjacent to an activating group) is 1. The van der Waals surface area contributed by atoms with Crippen molar-refractivity contribution in [3.05, 3.63) is 35.4 Å². The van der Waals surface area contributed by atoms with Crippen molar-refractivity contribution in [1.82, 2.24) is 15.1 Å². The minimum atomic E-state index is -4.19. The van der Waals surface area contributed by atoms with Crippen LogP contribution in [-0.2, 0) is 6.42 Å². The number of piperazine rings is 1. The predicted molar refractivity (Wildman–Crippen MR) is 82.5 cm³/mol. The molecule has 1 saturated heterocycles. The van der Waals surface area contributed by atoms with E-state index in [-0.39, 0.29) is 19.0 Å². The van der Waals surface area contributed by atoms with Crippen LogP contribution < -0.4 is 5.32 Å². The van der Waals surface area contributed by atoms with Crippen molar-refractivity contribution < 1.29 is 18.0 Å². The molecule has 1 aromatic rings. The molecule has 4 nitrogen and oxygen atoms in total. The van der Waals surface area contributed by atoms with Crippen molar-refractivity contribution in [2.24, 2.45) is 0 Å². The summed E-state index contributed by atoms with van der Waals surface area (Å²) in [7, 11) is 1.85. The van der Waals surface area contributed by atoms with E-state index >= 15 is 0 Å². The summed E-state index contributed by atoms with van der Waals surface area (Å²) in [6.07, 6.45) is -3.45. The van der Waals surface area contributed by atoms with Crippen LogP contribution in [0.2, 0.25) is 0 Å². The lowest BCUT2D eigenvalue weighted by Gasteiger charge is -2.35. The van der Waals surface area contributed by atoms with E-state index in [0.29, 0.717) is 18.7 Å². The highest BCUT2D eigenvalue weighted by atomic mass is 19.4. The van der Waals surface area contributed by atoms with Crippen molar-refractivity contribution in [2.75, 3.05) is 46.3 Å². The molecule has 0 spiro atoms. The van der Waals surface area contributed by atoms with Crippen molar-refractivity contribution in [3.8, 4) is 0 Å². The molecule has 1 N–H and O–H groups in total. The molecule has 1 aliphatic heterocycles. The Labute approximate surface area is 134 Å². The first kappa shape index (κ1) is 17.7. The van der Waals surface area contributed by atoms with Crippen molar-refractivity contribution in [3.63, 3.8) is 0 Å². The van der Waals surface area contributed by atoms with E-state index in [1.165, 1.54) is 4.90 Å². The standard InChI is InChI=1S/C16H22F3N3O/c1-20-7-6-13-4-2-3-5-14(13)15(23)22-10-8-21(9-11-22)12-16(17,18)19/h2-5,20H,6-12H2,1H3. The molecule has 1 aromatic carbocycles. The van der Waals surface area contributed by atoms with Crippen LogP contribution in [0, 0.1) is 0 Å². The van der Waals surface area contributed by atoms with Crippen LogP contribution in [0.3, 0.4) is 0 Å². The quantitative estimate of drug-likeness (QED) is 0.894. The van der Waals surface area contributed by atoms with E-state index in [0.717, 1.165) is 18.5 Å². The summed E-state index contributed by atoms with van der Waals surface area (Å²) >= 11 is 0. The normalized spacial score (nSPS) is 16.6. The van der Waals surface area contributed by atoms with E-state index < -0.39 is 12.7 Å². The van der Waals surface area contributed by atoms with Crippen LogP contribution in [-0.4, -0.2) is 68.2 Å². The highest BCUT2D eigenvalue weighted by Gasteiger charge is 2.33. The zero-order valence-electron chi connectivity index (χ0n) is 13.2. The van der Waals surface area contributed by atoms with Crippen molar-refractivity contribution >= 4 is 5.91 Å². The summed E-state index contributed by atoms with van der Waals surface area (Å²) in [4.78, 5) is 15.6. The summed E-state index contributed by atoms with van der Waals surface area (Å²) in [5.74, 6) is -0.0941. The van der Waals surface area contributed by atoms with E-state index in [4.69, 9.17) is 0 Å². The number of nitrogens with one attached hydrogen (secondary N) is 1. The second-order valence-electron chi connectivity index (χ2n) is 5.69. The molecular weight excluding hydrogens is 307 g/mol. The SMILES string of the molecule is CNCCc1ccccc1C(=O)N1CCN(CC(F)(F)F)CC1. The minimum Gasteiger partial charge on any atom is -0.336 e. The summed E-state index contributed by atoms with van der Waals surface area (Å²) in [6, 6.07) is 7.42. The first-order valence-electron chi connectivity index (χ1n) is 7.71. The Morgan fingerprint density at radius 2 is 1.83 bits per heavy atom. The highest BCUT2D eigenvalue weighted by Crippen LogP contribution is 2.19. The third kappa shape index (κ3) is 5.21. The maximum Gasteiger partial charge on any atom is 0.401 e. The molecule has 7 heteroatoms. The van der Waals surface area contributed by atoms with Crippen molar-refractivity contribution in [2.45, 2.75) is 12.6 Å². The Balaban J connectivity index is 1.97. The third-order valence-electron chi connectivity index (χ3n) is 3.95. The molecule has 0 radical (unpaired) electrons. The summed E-state index contributed by atoms with van der Waals surface area (Å²) in [5, 5.41) is 3.05. The average Bonchev–Trinajstić information content (AvgIpc) is 2.52. The maximum absolute atomic E-state index is 12.6. The minimum absolute atomic E-state index is 0.0941. The molecule has 2 rings (SSSR count). The monoisotopic (exact) mass is 329 g/mol. The summed E-state index contributed by atoms with van der Waals surface area (Å²) in [5.41, 5.74) is 1.61. The fourth-order valence-electron chi connectivity index (χ4n) is 2.74. The number of benzene rings is 1. The number of alkyl halides is 3. The topological polar surface area (TPSA) is 35.6 Å². The van der Waals surface area contributed by atoms with Gasteiger partial charge in [0.1, 0.15) is 0 Å². The number of hydrogen-bond acceptors (Lipinski definition) is 3. The van der Waals surface area contributed by atoms with Gasteiger partial charge in [0.15, 0.2) is 0 Å². The molecule has 0 atom stereocenters. The number of amides is 1. The molecule has 0 aromatic heterocycles. The Hall–Kier alpha value is -1.60. The van der Waals surface area contributed by atoms with E-state index in [1.54, 1.807) is 11.0 Å². The fourth-order valence-corrected chi connectivity index (χ4v) is 2.74. The highest BCUT2D eigenvalue weighted by molar-refractivity contribution is 5.95. The third-order valence-corrected chi connectivity index (χ3v) is 3.95. The number of carbonyl (C=O) groups is 1. The lowest BCUT2D eigenvalue weighted by molar-refractivity contribution is -0.148. The zero-order chi connectivity index (χ0) is 16.9. The maximum atomic E-state index is 12.6. The molecule has 0 bridgehead atoms. The van der Waals surface area contributed by atoms with Gasteiger partial charge >= 0.3 is 6.18 Å². The Bertz CT molecular complexity index is 526. The average molecular weight is 329 g/mol. The largest absolute Gasteiger partial charge is 0.401 e. The van der Waals surface area contributed by atoms with Gasteiger partial charge in [-0.15, -0.1) is 0 Å². The number of nitrogens with zero attached hydrogens (tertiary/aromatic N) is 2. The Morgan fingerprint density at radius 3 is 2.43 bits per heavy atom. The smallest absolute Gasteiger partial charge is 0.336 e. The first-order valence-corrected chi connectivity index (χ1v) is 7.71. The second-order valence-corrected chi connectivity index (χ2v) is 5.69. The number of carbonyl (C=O) groups excluding carboxylic acids is 1. The fraction of sp³-hybridized carbons (Fsp3) is 0.562. The summed E-state index contributed by atoms with van der Waals surface area (Å²) in [6.45, 7) is 1.02. The molecule has 1 amide bonds. The molecule has 128 valence electrons. The number of halogens is 3. The van der Waals surface area contributed by atoms with E-state index in [9.17, 15) is 18.0 Å². The van der Waals surface area contributed by atoms with Crippen LogP contribution >= 0.6 is 0 Å². The van der Waals surface area contributed by atoms with E-state index in [1.807, 2.05) is 25.2 Å². The van der Waals surface area contributed by atoms with E-state index in [2.05, 4.69) is 5.32 Å². The van der Waals surface area contributed by atoms with Gasteiger partial charge in [-0.1, -0.05) is 18.2 Å². The van der Waals surface area contributed by atoms with Crippen LogP contribution in [0.15, 0.2) is 24.3 Å². The van der Waals surface area contributed by atoms with Gasteiger partial charge in [0, 0.05) is 31.7 Å². The van der Waals surface area contributed by atoms with Gasteiger partial charge in [-0.25, -0.2) is 0 Å². The number of hydrogen-bond donors (Lipinski definition) is 1. The van der Waals surface area contributed by atoms with Gasteiger partial charge < -0.3 is 10.2 Å². The second kappa shape index (κ2) is 7.79. The molecule has 1 heterocycles. The molecule has 0 unspecified atom stereocenters. The molecule has 23 heavy (non-hydrogen) atoms. The first-order chi connectivity index (χ1) is 10.9. The van der Waals surface area contributed by atoms with Gasteiger partial charge in [-0.3, -0.25) is 9.69 Å².